The van der Waals surface area contributed by atoms with Gasteiger partial charge in [-0.2, -0.15) is 0 Å². The predicted molar refractivity (Wildman–Crippen MR) is 47.1 cm³/mol. The maximum absolute atomic E-state index is 12.2. The Morgan fingerprint density at radius 1 is 1.20 bits per heavy atom. The lowest BCUT2D eigenvalue weighted by Gasteiger charge is -1.92. The minimum Gasteiger partial charge on any atom is -0.207 e. The average Bonchev–Trinajstić information content (AvgIpc) is 1.90. The molecule has 1 aromatic rings. The van der Waals surface area contributed by atoms with Gasteiger partial charge >= 0.3 is 0 Å². The largest absolute Gasteiger partial charge is 0.207 e. The summed E-state index contributed by atoms with van der Waals surface area (Å²) in [6, 6.07) is 6.50. The van der Waals surface area contributed by atoms with Crippen LogP contribution in [0.4, 0.5) is 4.39 Å². The second-order valence-electron chi connectivity index (χ2n) is 1.83. The van der Waals surface area contributed by atoms with Gasteiger partial charge in [-0.15, -0.1) is 21.6 Å². The molecule has 10 heavy (non-hydrogen) atoms. The third kappa shape index (κ3) is 2.64. The molecule has 0 aliphatic carbocycles. The molecule has 0 saturated carbocycles. The van der Waals surface area contributed by atoms with Gasteiger partial charge < -0.3 is 0 Å². The predicted octanol–water partition coefficient (Wildman–Crippen LogP) is 2.62. The molecule has 0 radical (unpaired) electrons. The summed E-state index contributed by atoms with van der Waals surface area (Å²) in [7, 11) is 2.59. The van der Waals surface area contributed by atoms with E-state index in [4.69, 9.17) is 0 Å². The van der Waals surface area contributed by atoms with Crippen molar-refractivity contribution >= 4 is 21.6 Å². The summed E-state index contributed by atoms with van der Waals surface area (Å²) in [6.45, 7) is 0. The van der Waals surface area contributed by atoms with E-state index in [1.165, 1.54) is 12.1 Å². The standard InChI is InChI=1S/C7H8FP.ClH/c8-7-3-1-6(5-9)2-4-7;/h1-4H,5,9H2;1H. The Morgan fingerprint density at radius 3 is 2.10 bits per heavy atom. The number of hydrogen-bond donors (Lipinski definition) is 0. The molecular weight excluding hydrogens is 170 g/mol. The topological polar surface area (TPSA) is 0 Å². The lowest BCUT2D eigenvalue weighted by Crippen LogP contribution is -1.76. The molecule has 0 amide bonds. The van der Waals surface area contributed by atoms with Gasteiger partial charge in [0.25, 0.3) is 0 Å². The van der Waals surface area contributed by atoms with Crippen LogP contribution in [0.25, 0.3) is 0 Å². The third-order valence-electron chi connectivity index (χ3n) is 1.15. The van der Waals surface area contributed by atoms with Gasteiger partial charge in [0, 0.05) is 0 Å². The van der Waals surface area contributed by atoms with E-state index < -0.39 is 0 Å². The Hall–Kier alpha value is -0.130. The average molecular weight is 179 g/mol. The van der Waals surface area contributed by atoms with Crippen LogP contribution in [0, 0.1) is 5.82 Å². The molecular formula is C7H9ClFP. The van der Waals surface area contributed by atoms with E-state index in [2.05, 4.69) is 9.24 Å². The summed E-state index contributed by atoms with van der Waals surface area (Å²) in [5, 5.41) is 0. The molecule has 0 fully saturated rings. The highest BCUT2D eigenvalue weighted by atomic mass is 35.5. The van der Waals surface area contributed by atoms with Crippen molar-refractivity contribution in [2.24, 2.45) is 0 Å². The van der Waals surface area contributed by atoms with Crippen LogP contribution in [-0.4, -0.2) is 0 Å². The minimum absolute atomic E-state index is 0. The number of hydrogen-bond acceptors (Lipinski definition) is 0. The zero-order chi connectivity index (χ0) is 6.69. The highest BCUT2D eigenvalue weighted by molar-refractivity contribution is 7.15. The van der Waals surface area contributed by atoms with Gasteiger partial charge in [-0.05, 0) is 23.9 Å². The van der Waals surface area contributed by atoms with Gasteiger partial charge in [-0.1, -0.05) is 12.1 Å². The van der Waals surface area contributed by atoms with Crippen molar-refractivity contribution in [3.05, 3.63) is 35.6 Å². The van der Waals surface area contributed by atoms with Crippen LogP contribution in [0.2, 0.25) is 0 Å². The SMILES string of the molecule is Cl.Fc1ccc(CP)cc1. The number of benzene rings is 1. The first kappa shape index (κ1) is 9.87. The minimum atomic E-state index is -0.169. The van der Waals surface area contributed by atoms with Crippen LogP contribution >= 0.6 is 21.6 Å². The molecule has 0 N–H and O–H groups in total. The smallest absolute Gasteiger partial charge is 0.123 e. The Labute approximate surface area is 68.4 Å². The molecule has 0 saturated heterocycles. The zero-order valence-corrected chi connectivity index (χ0v) is 7.35. The monoisotopic (exact) mass is 178 g/mol. The molecule has 3 heteroatoms. The second kappa shape index (κ2) is 4.65. The fraction of sp³-hybridized carbons (Fsp3) is 0.143. The van der Waals surface area contributed by atoms with E-state index in [1.54, 1.807) is 12.1 Å². The van der Waals surface area contributed by atoms with Crippen LogP contribution in [0.1, 0.15) is 5.56 Å². The van der Waals surface area contributed by atoms with Crippen molar-refractivity contribution in [3.8, 4) is 0 Å². The molecule has 0 bridgehead atoms. The van der Waals surface area contributed by atoms with E-state index in [-0.39, 0.29) is 18.2 Å². The van der Waals surface area contributed by atoms with Crippen LogP contribution in [0.3, 0.4) is 0 Å². The molecule has 0 spiro atoms. The zero-order valence-electron chi connectivity index (χ0n) is 5.38. The highest BCUT2D eigenvalue weighted by Gasteiger charge is 1.87. The molecule has 0 aromatic heterocycles. The first-order chi connectivity index (χ1) is 4.33. The van der Waals surface area contributed by atoms with E-state index in [0.717, 1.165) is 11.7 Å². The molecule has 0 aliphatic rings. The van der Waals surface area contributed by atoms with Gasteiger partial charge in [0.1, 0.15) is 5.82 Å². The van der Waals surface area contributed by atoms with Crippen molar-refractivity contribution in [3.63, 3.8) is 0 Å². The van der Waals surface area contributed by atoms with Crippen molar-refractivity contribution in [2.45, 2.75) is 6.16 Å². The van der Waals surface area contributed by atoms with E-state index in [1.807, 2.05) is 0 Å². The molecule has 56 valence electrons. The molecule has 0 heterocycles. The quantitative estimate of drug-likeness (QED) is 0.580. The Kier molecular flexibility index (Phi) is 4.59. The molecule has 1 unspecified atom stereocenters. The van der Waals surface area contributed by atoms with Crippen molar-refractivity contribution in [1.29, 1.82) is 0 Å². The Bertz CT molecular complexity index is 185. The van der Waals surface area contributed by atoms with Crippen molar-refractivity contribution in [2.75, 3.05) is 0 Å². The summed E-state index contributed by atoms with van der Waals surface area (Å²) >= 11 is 0. The fourth-order valence-electron chi connectivity index (χ4n) is 0.620. The highest BCUT2D eigenvalue weighted by Crippen LogP contribution is 2.05. The van der Waals surface area contributed by atoms with Gasteiger partial charge in [0.2, 0.25) is 0 Å². The summed E-state index contributed by atoms with van der Waals surface area (Å²) in [5.41, 5.74) is 1.14. The first-order valence-corrected chi connectivity index (χ1v) is 3.59. The van der Waals surface area contributed by atoms with Gasteiger partial charge in [-0.25, -0.2) is 4.39 Å². The lowest BCUT2D eigenvalue weighted by atomic mass is 10.2. The van der Waals surface area contributed by atoms with Crippen molar-refractivity contribution in [1.82, 2.24) is 0 Å². The van der Waals surface area contributed by atoms with Gasteiger partial charge in [0.15, 0.2) is 0 Å². The molecule has 0 aliphatic heterocycles. The van der Waals surface area contributed by atoms with Crippen LogP contribution in [0.15, 0.2) is 24.3 Å². The second-order valence-corrected chi connectivity index (χ2v) is 2.24. The van der Waals surface area contributed by atoms with E-state index in [9.17, 15) is 4.39 Å². The maximum atomic E-state index is 12.2. The molecule has 1 rings (SSSR count). The Balaban J connectivity index is 0.000000810. The van der Waals surface area contributed by atoms with Crippen LogP contribution in [0.5, 0.6) is 0 Å². The maximum Gasteiger partial charge on any atom is 0.123 e. The van der Waals surface area contributed by atoms with Crippen molar-refractivity contribution < 1.29 is 4.39 Å². The summed E-state index contributed by atoms with van der Waals surface area (Å²) in [4.78, 5) is 0. The van der Waals surface area contributed by atoms with Gasteiger partial charge in [-0.3, -0.25) is 0 Å². The summed E-state index contributed by atoms with van der Waals surface area (Å²) in [5.74, 6) is -0.169. The summed E-state index contributed by atoms with van der Waals surface area (Å²) in [6.07, 6.45) is 0.889. The number of halogens is 2. The van der Waals surface area contributed by atoms with E-state index in [0.29, 0.717) is 0 Å². The lowest BCUT2D eigenvalue weighted by molar-refractivity contribution is 0.627. The van der Waals surface area contributed by atoms with Crippen LogP contribution < -0.4 is 0 Å². The molecule has 0 nitrogen and oxygen atoms in total. The number of rotatable bonds is 1. The normalized spacial score (nSPS) is 8.60. The van der Waals surface area contributed by atoms with Crippen LogP contribution in [-0.2, 0) is 6.16 Å². The fourth-order valence-corrected chi connectivity index (χ4v) is 0.893. The summed E-state index contributed by atoms with van der Waals surface area (Å²) < 4.78 is 12.2. The Morgan fingerprint density at radius 2 is 1.70 bits per heavy atom. The van der Waals surface area contributed by atoms with E-state index >= 15 is 0 Å². The first-order valence-electron chi connectivity index (χ1n) is 2.77. The van der Waals surface area contributed by atoms with Gasteiger partial charge in [0.05, 0.1) is 0 Å². The third-order valence-corrected chi connectivity index (χ3v) is 1.62. The molecule has 1 atom stereocenters. The molecule has 1 aromatic carbocycles.